The van der Waals surface area contributed by atoms with Crippen molar-refractivity contribution in [3.63, 3.8) is 0 Å². The maximum atomic E-state index is 12.2. The van der Waals surface area contributed by atoms with E-state index in [0.29, 0.717) is 18.7 Å². The lowest BCUT2D eigenvalue weighted by Gasteiger charge is -2.10. The highest BCUT2D eigenvalue weighted by Crippen LogP contribution is 2.18. The summed E-state index contributed by atoms with van der Waals surface area (Å²) >= 11 is 1.46. The Labute approximate surface area is 144 Å². The molecule has 1 fully saturated rings. The van der Waals surface area contributed by atoms with Gasteiger partial charge in [-0.25, -0.2) is 9.78 Å². The summed E-state index contributed by atoms with van der Waals surface area (Å²) in [6.45, 7) is 2.56. The summed E-state index contributed by atoms with van der Waals surface area (Å²) in [6.07, 6.45) is 1.51. The van der Waals surface area contributed by atoms with Crippen LogP contribution in [0.2, 0.25) is 0 Å². The van der Waals surface area contributed by atoms with E-state index >= 15 is 0 Å². The minimum Gasteiger partial charge on any atom is -0.486 e. The van der Waals surface area contributed by atoms with Gasteiger partial charge in [-0.3, -0.25) is 9.69 Å². The van der Waals surface area contributed by atoms with Crippen molar-refractivity contribution in [2.75, 3.05) is 0 Å². The Morgan fingerprint density at radius 3 is 2.83 bits per heavy atom. The lowest BCUT2D eigenvalue weighted by molar-refractivity contribution is -0.128. The van der Waals surface area contributed by atoms with Gasteiger partial charge in [0.05, 0.1) is 12.2 Å². The first-order valence-electron chi connectivity index (χ1n) is 7.90. The van der Waals surface area contributed by atoms with Crippen molar-refractivity contribution in [3.8, 4) is 5.75 Å². The first-order chi connectivity index (χ1) is 11.7. The van der Waals surface area contributed by atoms with Crippen LogP contribution in [-0.2, 0) is 17.9 Å². The van der Waals surface area contributed by atoms with Crippen molar-refractivity contribution in [3.05, 3.63) is 46.4 Å². The number of thiazole rings is 1. The molecule has 1 aliphatic rings. The van der Waals surface area contributed by atoms with Crippen LogP contribution in [0.15, 0.2) is 35.7 Å². The summed E-state index contributed by atoms with van der Waals surface area (Å²) in [5.74, 6) is 0.614. The molecule has 3 amide bonds. The first-order valence-corrected chi connectivity index (χ1v) is 8.78. The van der Waals surface area contributed by atoms with Gasteiger partial charge in [0.25, 0.3) is 5.91 Å². The third-order valence-electron chi connectivity index (χ3n) is 3.71. The fourth-order valence-corrected chi connectivity index (χ4v) is 3.22. The highest BCUT2D eigenvalue weighted by Gasteiger charge is 2.37. The van der Waals surface area contributed by atoms with Crippen LogP contribution in [0.1, 0.15) is 30.5 Å². The van der Waals surface area contributed by atoms with Gasteiger partial charge in [0.1, 0.15) is 23.4 Å². The van der Waals surface area contributed by atoms with Gasteiger partial charge in [-0.1, -0.05) is 31.5 Å². The van der Waals surface area contributed by atoms with Crippen LogP contribution in [0.3, 0.4) is 0 Å². The van der Waals surface area contributed by atoms with E-state index < -0.39 is 6.04 Å². The van der Waals surface area contributed by atoms with Gasteiger partial charge in [0.2, 0.25) is 0 Å². The number of nitrogens with zero attached hydrogens (tertiary/aromatic N) is 2. The van der Waals surface area contributed by atoms with E-state index in [-0.39, 0.29) is 18.5 Å². The number of para-hydroxylation sites is 1. The van der Waals surface area contributed by atoms with Crippen LogP contribution in [0, 0.1) is 0 Å². The summed E-state index contributed by atoms with van der Waals surface area (Å²) in [4.78, 5) is 29.8. The summed E-state index contributed by atoms with van der Waals surface area (Å²) in [6, 6.07) is 8.78. The molecule has 24 heavy (non-hydrogen) atoms. The number of nitrogens with one attached hydrogen (secondary N) is 1. The van der Waals surface area contributed by atoms with Crippen molar-refractivity contribution >= 4 is 23.3 Å². The molecule has 7 heteroatoms. The van der Waals surface area contributed by atoms with E-state index in [1.165, 1.54) is 16.2 Å². The molecule has 0 bridgehead atoms. The smallest absolute Gasteiger partial charge is 0.325 e. The van der Waals surface area contributed by atoms with Crippen LogP contribution < -0.4 is 10.1 Å². The van der Waals surface area contributed by atoms with E-state index in [0.717, 1.165) is 17.2 Å². The fraction of sp³-hybridized carbons (Fsp3) is 0.353. The van der Waals surface area contributed by atoms with E-state index in [1.54, 1.807) is 0 Å². The van der Waals surface area contributed by atoms with Crippen LogP contribution in [0.4, 0.5) is 4.79 Å². The molecule has 126 valence electrons. The molecule has 3 rings (SSSR count). The van der Waals surface area contributed by atoms with Crippen LogP contribution in [-0.4, -0.2) is 27.9 Å². The highest BCUT2D eigenvalue weighted by molar-refractivity contribution is 7.09. The van der Waals surface area contributed by atoms with Gasteiger partial charge in [0, 0.05) is 5.38 Å². The normalized spacial score (nSPS) is 17.2. The molecule has 0 unspecified atom stereocenters. The average molecular weight is 345 g/mol. The molecule has 0 aliphatic carbocycles. The van der Waals surface area contributed by atoms with Gasteiger partial charge in [-0.05, 0) is 18.6 Å². The number of hydrogen-bond acceptors (Lipinski definition) is 5. The number of carbonyl (C=O) groups excluding carboxylic acids is 2. The molecule has 1 atom stereocenters. The summed E-state index contributed by atoms with van der Waals surface area (Å²) in [7, 11) is 0. The monoisotopic (exact) mass is 345 g/mol. The Hall–Kier alpha value is -2.41. The van der Waals surface area contributed by atoms with E-state index in [2.05, 4.69) is 10.3 Å². The topological polar surface area (TPSA) is 71.5 Å². The molecule has 6 nitrogen and oxygen atoms in total. The first kappa shape index (κ1) is 16.4. The lowest BCUT2D eigenvalue weighted by Crippen LogP contribution is -2.31. The Balaban J connectivity index is 1.58. The minimum atomic E-state index is -0.401. The van der Waals surface area contributed by atoms with Gasteiger partial charge in [0.15, 0.2) is 0 Å². The van der Waals surface area contributed by atoms with Crippen molar-refractivity contribution in [2.45, 2.75) is 39.0 Å². The largest absolute Gasteiger partial charge is 0.486 e. The molecule has 0 spiro atoms. The molecule has 1 aromatic carbocycles. The highest BCUT2D eigenvalue weighted by atomic mass is 32.1. The quantitative estimate of drug-likeness (QED) is 0.783. The van der Waals surface area contributed by atoms with E-state index in [1.807, 2.05) is 42.6 Å². The molecule has 2 aromatic rings. The molecule has 0 saturated carbocycles. The zero-order valence-corrected chi connectivity index (χ0v) is 14.2. The number of ether oxygens (including phenoxy) is 1. The maximum Gasteiger partial charge on any atom is 0.325 e. The average Bonchev–Trinajstić information content (AvgIpc) is 3.15. The standard InChI is InChI=1S/C17H19N3O3S/c1-2-6-14-16(21)20(17(22)19-14)9-12-11-24-15(18-12)10-23-13-7-4-3-5-8-13/h3-5,7-8,11,14H,2,6,9-10H2,1H3,(H,19,22)/t14-/m1/s1. The van der Waals surface area contributed by atoms with Crippen LogP contribution in [0.25, 0.3) is 0 Å². The molecular weight excluding hydrogens is 326 g/mol. The predicted molar refractivity (Wildman–Crippen MR) is 90.7 cm³/mol. The Morgan fingerprint density at radius 2 is 2.08 bits per heavy atom. The van der Waals surface area contributed by atoms with Crippen molar-refractivity contribution in [1.82, 2.24) is 15.2 Å². The zero-order valence-electron chi connectivity index (χ0n) is 13.4. The van der Waals surface area contributed by atoms with Crippen molar-refractivity contribution < 1.29 is 14.3 Å². The van der Waals surface area contributed by atoms with Crippen molar-refractivity contribution in [1.29, 1.82) is 0 Å². The SMILES string of the molecule is CCC[C@H]1NC(=O)N(Cc2csc(COc3ccccc3)n2)C1=O. The van der Waals surface area contributed by atoms with Gasteiger partial charge >= 0.3 is 6.03 Å². The van der Waals surface area contributed by atoms with Crippen LogP contribution >= 0.6 is 11.3 Å². The fourth-order valence-electron chi connectivity index (χ4n) is 2.52. The number of imide groups is 1. The second-order valence-electron chi connectivity index (χ2n) is 5.55. The molecular formula is C17H19N3O3S. The third kappa shape index (κ3) is 3.73. The number of urea groups is 1. The number of benzene rings is 1. The van der Waals surface area contributed by atoms with Crippen LogP contribution in [0.5, 0.6) is 5.75 Å². The summed E-state index contributed by atoms with van der Waals surface area (Å²) in [5.41, 5.74) is 0.701. The lowest BCUT2D eigenvalue weighted by atomic mass is 10.2. The predicted octanol–water partition coefficient (Wildman–Crippen LogP) is 2.94. The maximum absolute atomic E-state index is 12.2. The number of amides is 3. The molecule has 2 heterocycles. The second-order valence-corrected chi connectivity index (χ2v) is 6.49. The number of hydrogen-bond donors (Lipinski definition) is 1. The number of carbonyl (C=O) groups is 2. The van der Waals surface area contributed by atoms with Gasteiger partial charge in [-0.15, -0.1) is 11.3 Å². The second kappa shape index (κ2) is 7.44. The number of aromatic nitrogens is 1. The van der Waals surface area contributed by atoms with E-state index in [9.17, 15) is 9.59 Å². The molecule has 1 saturated heterocycles. The zero-order chi connectivity index (χ0) is 16.9. The Kier molecular flexibility index (Phi) is 5.10. The molecule has 1 N–H and O–H groups in total. The summed E-state index contributed by atoms with van der Waals surface area (Å²) in [5, 5.41) is 5.39. The van der Waals surface area contributed by atoms with Gasteiger partial charge in [-0.2, -0.15) is 0 Å². The summed E-state index contributed by atoms with van der Waals surface area (Å²) < 4.78 is 5.65. The molecule has 1 aliphatic heterocycles. The van der Waals surface area contributed by atoms with E-state index in [4.69, 9.17) is 4.74 Å². The van der Waals surface area contributed by atoms with Crippen molar-refractivity contribution in [2.24, 2.45) is 0 Å². The number of rotatable bonds is 7. The Morgan fingerprint density at radius 1 is 1.29 bits per heavy atom. The van der Waals surface area contributed by atoms with Gasteiger partial charge < -0.3 is 10.1 Å². The molecule has 1 aromatic heterocycles. The minimum absolute atomic E-state index is 0.170. The Bertz CT molecular complexity index is 717. The third-order valence-corrected chi connectivity index (χ3v) is 4.58. The molecule has 0 radical (unpaired) electrons.